The minimum atomic E-state index is 0.865. The zero-order chi connectivity index (χ0) is 13.2. The van der Waals surface area contributed by atoms with Crippen LogP contribution in [0.15, 0.2) is 48.5 Å². The molecule has 0 atom stereocenters. The van der Waals surface area contributed by atoms with E-state index < -0.39 is 0 Å². The molecular formula is C18H19N. The van der Waals surface area contributed by atoms with Crippen molar-refractivity contribution >= 4 is 11.3 Å². The first kappa shape index (κ1) is 12.0. The maximum atomic E-state index is 5.92. The highest BCUT2D eigenvalue weighted by Crippen LogP contribution is 2.32. The maximum Gasteiger partial charge on any atom is 0.0317 e. The average molecular weight is 249 g/mol. The molecule has 3 rings (SSSR count). The third-order valence-electron chi connectivity index (χ3n) is 3.78. The van der Waals surface area contributed by atoms with Crippen LogP contribution < -0.4 is 5.73 Å². The van der Waals surface area contributed by atoms with Crippen molar-refractivity contribution in [3.63, 3.8) is 0 Å². The third-order valence-corrected chi connectivity index (χ3v) is 3.78. The molecule has 0 saturated heterocycles. The molecular weight excluding hydrogens is 230 g/mol. The van der Waals surface area contributed by atoms with Gasteiger partial charge in [-0.25, -0.2) is 0 Å². The SMILES string of the molecule is Cc1ccc(C2=CCCCc3cc(N)ccc32)cc1. The molecule has 2 N–H and O–H groups in total. The number of nitrogens with two attached hydrogens (primary N) is 1. The highest BCUT2D eigenvalue weighted by atomic mass is 14.5. The van der Waals surface area contributed by atoms with E-state index in [4.69, 9.17) is 5.73 Å². The lowest BCUT2D eigenvalue weighted by Gasteiger charge is -2.12. The number of rotatable bonds is 1. The molecule has 0 aliphatic heterocycles. The molecule has 2 aromatic rings. The van der Waals surface area contributed by atoms with Gasteiger partial charge in [-0.05, 0) is 60.6 Å². The van der Waals surface area contributed by atoms with E-state index in [-0.39, 0.29) is 0 Å². The predicted molar refractivity (Wildman–Crippen MR) is 82.1 cm³/mol. The molecule has 96 valence electrons. The van der Waals surface area contributed by atoms with Gasteiger partial charge in [0, 0.05) is 5.69 Å². The zero-order valence-electron chi connectivity index (χ0n) is 11.3. The Morgan fingerprint density at radius 2 is 1.79 bits per heavy atom. The van der Waals surface area contributed by atoms with E-state index >= 15 is 0 Å². The fraction of sp³-hybridized carbons (Fsp3) is 0.222. The van der Waals surface area contributed by atoms with Gasteiger partial charge in [-0.1, -0.05) is 42.0 Å². The van der Waals surface area contributed by atoms with Crippen LogP contribution in [0.3, 0.4) is 0 Å². The van der Waals surface area contributed by atoms with E-state index in [1.54, 1.807) is 0 Å². The van der Waals surface area contributed by atoms with Gasteiger partial charge in [0.1, 0.15) is 0 Å². The van der Waals surface area contributed by atoms with Gasteiger partial charge >= 0.3 is 0 Å². The van der Waals surface area contributed by atoms with Crippen LogP contribution in [-0.2, 0) is 6.42 Å². The summed E-state index contributed by atoms with van der Waals surface area (Å²) in [7, 11) is 0. The van der Waals surface area contributed by atoms with Gasteiger partial charge in [0.25, 0.3) is 0 Å². The lowest BCUT2D eigenvalue weighted by atomic mass is 9.93. The summed E-state index contributed by atoms with van der Waals surface area (Å²) in [5.41, 5.74) is 13.5. The number of allylic oxidation sites excluding steroid dienone is 1. The highest BCUT2D eigenvalue weighted by Gasteiger charge is 2.13. The van der Waals surface area contributed by atoms with Gasteiger partial charge in [0.15, 0.2) is 0 Å². The molecule has 0 heterocycles. The molecule has 0 saturated carbocycles. The summed E-state index contributed by atoms with van der Waals surface area (Å²) in [6.45, 7) is 2.12. The summed E-state index contributed by atoms with van der Waals surface area (Å²) in [6.07, 6.45) is 5.82. The Morgan fingerprint density at radius 1 is 1.00 bits per heavy atom. The molecule has 0 amide bonds. The lowest BCUT2D eigenvalue weighted by Crippen LogP contribution is -1.95. The minimum absolute atomic E-state index is 0.865. The summed E-state index contributed by atoms with van der Waals surface area (Å²) >= 11 is 0. The summed E-state index contributed by atoms with van der Waals surface area (Å²) in [4.78, 5) is 0. The van der Waals surface area contributed by atoms with Gasteiger partial charge in [-0.15, -0.1) is 0 Å². The maximum absolute atomic E-state index is 5.92. The van der Waals surface area contributed by atoms with E-state index in [1.807, 2.05) is 6.07 Å². The Hall–Kier alpha value is -2.02. The van der Waals surface area contributed by atoms with Crippen LogP contribution in [0, 0.1) is 6.92 Å². The topological polar surface area (TPSA) is 26.0 Å². The number of hydrogen-bond donors (Lipinski definition) is 1. The fourth-order valence-corrected chi connectivity index (χ4v) is 2.74. The Morgan fingerprint density at radius 3 is 2.58 bits per heavy atom. The Labute approximate surface area is 114 Å². The first-order valence-corrected chi connectivity index (χ1v) is 6.90. The van der Waals surface area contributed by atoms with E-state index in [1.165, 1.54) is 34.2 Å². The van der Waals surface area contributed by atoms with Crippen molar-refractivity contribution < 1.29 is 0 Å². The quantitative estimate of drug-likeness (QED) is 0.747. The van der Waals surface area contributed by atoms with Crippen molar-refractivity contribution in [3.8, 4) is 0 Å². The van der Waals surface area contributed by atoms with Crippen LogP contribution in [0.1, 0.15) is 35.1 Å². The second kappa shape index (κ2) is 4.93. The monoisotopic (exact) mass is 249 g/mol. The van der Waals surface area contributed by atoms with Crippen LogP contribution in [-0.4, -0.2) is 0 Å². The lowest BCUT2D eigenvalue weighted by molar-refractivity contribution is 0.852. The molecule has 0 radical (unpaired) electrons. The van der Waals surface area contributed by atoms with Gasteiger partial charge in [0.2, 0.25) is 0 Å². The number of benzene rings is 2. The number of nitrogen functional groups attached to an aromatic ring is 1. The predicted octanol–water partition coefficient (Wildman–Crippen LogP) is 4.35. The number of fused-ring (bicyclic) bond motifs is 1. The van der Waals surface area contributed by atoms with Crippen molar-refractivity contribution in [1.29, 1.82) is 0 Å². The standard InChI is InChI=1S/C18H19N/c1-13-6-8-14(9-7-13)17-5-3-2-4-15-12-16(19)10-11-18(15)17/h5-12H,2-4,19H2,1H3. The molecule has 0 fully saturated rings. The van der Waals surface area contributed by atoms with Gasteiger partial charge in [-0.2, -0.15) is 0 Å². The largest absolute Gasteiger partial charge is 0.399 e. The normalized spacial score (nSPS) is 14.5. The molecule has 19 heavy (non-hydrogen) atoms. The molecule has 0 unspecified atom stereocenters. The molecule has 2 aromatic carbocycles. The zero-order valence-corrected chi connectivity index (χ0v) is 11.3. The Balaban J connectivity index is 2.11. The first-order chi connectivity index (χ1) is 9.24. The summed E-state index contributed by atoms with van der Waals surface area (Å²) < 4.78 is 0. The highest BCUT2D eigenvalue weighted by molar-refractivity contribution is 5.82. The van der Waals surface area contributed by atoms with Crippen molar-refractivity contribution in [1.82, 2.24) is 0 Å². The number of aryl methyl sites for hydroxylation is 2. The summed E-state index contributed by atoms with van der Waals surface area (Å²) in [6, 6.07) is 15.1. The van der Waals surface area contributed by atoms with Crippen molar-refractivity contribution in [2.45, 2.75) is 26.2 Å². The third kappa shape index (κ3) is 2.41. The fourth-order valence-electron chi connectivity index (χ4n) is 2.74. The van der Waals surface area contributed by atoms with Crippen LogP contribution in [0.2, 0.25) is 0 Å². The first-order valence-electron chi connectivity index (χ1n) is 6.90. The van der Waals surface area contributed by atoms with Crippen molar-refractivity contribution in [2.24, 2.45) is 0 Å². The smallest absolute Gasteiger partial charge is 0.0317 e. The van der Waals surface area contributed by atoms with Crippen LogP contribution in [0.5, 0.6) is 0 Å². The number of anilines is 1. The van der Waals surface area contributed by atoms with E-state index in [2.05, 4.69) is 49.4 Å². The summed E-state index contributed by atoms with van der Waals surface area (Å²) in [5, 5.41) is 0. The van der Waals surface area contributed by atoms with Gasteiger partial charge < -0.3 is 5.73 Å². The van der Waals surface area contributed by atoms with Gasteiger partial charge in [0.05, 0.1) is 0 Å². The second-order valence-electron chi connectivity index (χ2n) is 5.29. The van der Waals surface area contributed by atoms with E-state index in [9.17, 15) is 0 Å². The molecule has 1 nitrogen and oxygen atoms in total. The molecule has 0 spiro atoms. The van der Waals surface area contributed by atoms with Crippen LogP contribution in [0.4, 0.5) is 5.69 Å². The van der Waals surface area contributed by atoms with Crippen LogP contribution >= 0.6 is 0 Å². The minimum Gasteiger partial charge on any atom is -0.399 e. The van der Waals surface area contributed by atoms with Crippen LogP contribution in [0.25, 0.3) is 5.57 Å². The Bertz CT molecular complexity index is 621. The molecule has 0 aromatic heterocycles. The Kier molecular flexibility index (Phi) is 3.12. The molecule has 0 bridgehead atoms. The van der Waals surface area contributed by atoms with Gasteiger partial charge in [-0.3, -0.25) is 0 Å². The molecule has 1 heteroatoms. The average Bonchev–Trinajstić information content (AvgIpc) is 2.61. The summed E-state index contributed by atoms with van der Waals surface area (Å²) in [5.74, 6) is 0. The van der Waals surface area contributed by atoms with E-state index in [0.717, 1.165) is 18.5 Å². The van der Waals surface area contributed by atoms with Crippen molar-refractivity contribution in [2.75, 3.05) is 5.73 Å². The molecule has 1 aliphatic rings. The second-order valence-corrected chi connectivity index (χ2v) is 5.29. The number of hydrogen-bond acceptors (Lipinski definition) is 1. The van der Waals surface area contributed by atoms with E-state index in [0.29, 0.717) is 0 Å². The van der Waals surface area contributed by atoms with Crippen molar-refractivity contribution in [3.05, 3.63) is 70.8 Å². The molecule has 1 aliphatic carbocycles.